The van der Waals surface area contributed by atoms with Crippen LogP contribution in [-0.4, -0.2) is 36.7 Å². The Morgan fingerprint density at radius 2 is 2.20 bits per heavy atom. The first-order chi connectivity index (χ1) is 7.34. The van der Waals surface area contributed by atoms with Gasteiger partial charge in [0.05, 0.1) is 0 Å². The summed E-state index contributed by atoms with van der Waals surface area (Å²) in [7, 11) is 0. The molecule has 2 rings (SSSR count). The van der Waals surface area contributed by atoms with Crippen LogP contribution in [0.3, 0.4) is 0 Å². The second-order valence-corrected chi connectivity index (χ2v) is 5.47. The molecule has 2 heterocycles. The van der Waals surface area contributed by atoms with E-state index in [0.717, 1.165) is 30.8 Å². The fourth-order valence-corrected chi connectivity index (χ4v) is 3.00. The van der Waals surface area contributed by atoms with Crippen LogP contribution in [-0.2, 0) is 4.74 Å². The zero-order chi connectivity index (χ0) is 10.5. The van der Waals surface area contributed by atoms with Gasteiger partial charge in [0.1, 0.15) is 0 Å². The molecule has 0 aromatic heterocycles. The first kappa shape index (κ1) is 11.3. The molecular formula is C11H20N2OS. The van der Waals surface area contributed by atoms with Crippen molar-refractivity contribution in [1.29, 1.82) is 0 Å². The van der Waals surface area contributed by atoms with Gasteiger partial charge in [-0.25, -0.2) is 0 Å². The van der Waals surface area contributed by atoms with Crippen LogP contribution >= 0.6 is 11.8 Å². The van der Waals surface area contributed by atoms with E-state index in [1.54, 1.807) is 0 Å². The lowest BCUT2D eigenvalue weighted by molar-refractivity contribution is 0.0689. The number of amidine groups is 1. The minimum atomic E-state index is 0.597. The Morgan fingerprint density at radius 3 is 2.93 bits per heavy atom. The number of aliphatic imine (C=N–C) groups is 1. The second-order valence-electron chi connectivity index (χ2n) is 4.38. The van der Waals surface area contributed by atoms with Crippen LogP contribution < -0.4 is 5.32 Å². The molecule has 86 valence electrons. The van der Waals surface area contributed by atoms with Crippen molar-refractivity contribution in [3.05, 3.63) is 0 Å². The molecule has 0 aromatic carbocycles. The maximum absolute atomic E-state index is 5.34. The maximum Gasteiger partial charge on any atom is 0.156 e. The van der Waals surface area contributed by atoms with E-state index in [1.165, 1.54) is 25.0 Å². The Morgan fingerprint density at radius 1 is 1.40 bits per heavy atom. The van der Waals surface area contributed by atoms with Crippen LogP contribution in [0.1, 0.15) is 26.2 Å². The molecule has 2 saturated heterocycles. The van der Waals surface area contributed by atoms with Gasteiger partial charge in [-0.2, -0.15) is 0 Å². The summed E-state index contributed by atoms with van der Waals surface area (Å²) in [4.78, 5) is 4.67. The average Bonchev–Trinajstić information content (AvgIpc) is 2.28. The zero-order valence-corrected chi connectivity index (χ0v) is 10.2. The van der Waals surface area contributed by atoms with Gasteiger partial charge in [-0.1, -0.05) is 11.8 Å². The van der Waals surface area contributed by atoms with Gasteiger partial charge in [-0.05, 0) is 32.1 Å². The summed E-state index contributed by atoms with van der Waals surface area (Å²) in [6.45, 7) is 5.05. The molecule has 0 bridgehead atoms. The summed E-state index contributed by atoms with van der Waals surface area (Å²) in [5.41, 5.74) is 0. The predicted octanol–water partition coefficient (Wildman–Crippen LogP) is 1.88. The van der Waals surface area contributed by atoms with E-state index in [-0.39, 0.29) is 0 Å². The number of nitrogens with zero attached hydrogens (tertiary/aromatic N) is 1. The Hall–Kier alpha value is -0.220. The van der Waals surface area contributed by atoms with Crippen LogP contribution in [0.25, 0.3) is 0 Å². The third-order valence-electron chi connectivity index (χ3n) is 2.99. The van der Waals surface area contributed by atoms with Gasteiger partial charge in [0.2, 0.25) is 0 Å². The van der Waals surface area contributed by atoms with Crippen LogP contribution in [0.15, 0.2) is 4.99 Å². The highest BCUT2D eigenvalue weighted by molar-refractivity contribution is 8.13. The summed E-state index contributed by atoms with van der Waals surface area (Å²) in [5, 5.41) is 4.59. The molecule has 2 aliphatic rings. The Labute approximate surface area is 96.1 Å². The topological polar surface area (TPSA) is 33.6 Å². The molecule has 0 radical (unpaired) electrons. The molecule has 2 fully saturated rings. The van der Waals surface area contributed by atoms with E-state index < -0.39 is 0 Å². The number of nitrogens with one attached hydrogen (secondary N) is 1. The lowest BCUT2D eigenvalue weighted by atomic mass is 10.0. The lowest BCUT2D eigenvalue weighted by Crippen LogP contribution is -2.36. The van der Waals surface area contributed by atoms with Gasteiger partial charge in [-0.3, -0.25) is 4.99 Å². The normalized spacial score (nSPS) is 31.5. The van der Waals surface area contributed by atoms with Gasteiger partial charge in [-0.15, -0.1) is 0 Å². The molecule has 15 heavy (non-hydrogen) atoms. The van der Waals surface area contributed by atoms with Gasteiger partial charge in [0.25, 0.3) is 0 Å². The highest BCUT2D eigenvalue weighted by Crippen LogP contribution is 2.17. The highest BCUT2D eigenvalue weighted by atomic mass is 32.2. The first-order valence-electron chi connectivity index (χ1n) is 5.86. The number of hydrogen-bond donors (Lipinski definition) is 1. The fraction of sp³-hybridized carbons (Fsp3) is 0.909. The van der Waals surface area contributed by atoms with Crippen molar-refractivity contribution < 1.29 is 4.74 Å². The molecule has 0 spiro atoms. The lowest BCUT2D eigenvalue weighted by Gasteiger charge is -2.24. The number of thioether (sulfide) groups is 1. The number of hydrogen-bond acceptors (Lipinski definition) is 3. The van der Waals surface area contributed by atoms with Gasteiger partial charge >= 0.3 is 0 Å². The average molecular weight is 228 g/mol. The van der Waals surface area contributed by atoms with E-state index in [4.69, 9.17) is 4.74 Å². The maximum atomic E-state index is 5.34. The van der Waals surface area contributed by atoms with Gasteiger partial charge < -0.3 is 10.1 Å². The van der Waals surface area contributed by atoms with Crippen LogP contribution in [0.2, 0.25) is 0 Å². The summed E-state index contributed by atoms with van der Waals surface area (Å²) >= 11 is 1.86. The third-order valence-corrected chi connectivity index (χ3v) is 3.95. The molecule has 0 amide bonds. The fourth-order valence-electron chi connectivity index (χ4n) is 1.89. The molecule has 4 heteroatoms. The van der Waals surface area contributed by atoms with E-state index in [0.29, 0.717) is 6.04 Å². The summed E-state index contributed by atoms with van der Waals surface area (Å²) in [6, 6.07) is 0.597. The number of ether oxygens (including phenoxy) is 1. The summed E-state index contributed by atoms with van der Waals surface area (Å²) in [5.74, 6) is 1.95. The minimum absolute atomic E-state index is 0.597. The molecule has 1 unspecified atom stereocenters. The predicted molar refractivity (Wildman–Crippen MR) is 65.5 cm³/mol. The Balaban J connectivity index is 1.76. The van der Waals surface area contributed by atoms with Gasteiger partial charge in [0, 0.05) is 31.6 Å². The van der Waals surface area contributed by atoms with Crippen LogP contribution in [0, 0.1) is 5.92 Å². The minimum Gasteiger partial charge on any atom is -0.381 e. The molecule has 1 N–H and O–H groups in total. The van der Waals surface area contributed by atoms with E-state index in [1.807, 2.05) is 11.8 Å². The SMILES string of the molecule is CC1CCSC(=NCC2CCOCC2)N1. The number of rotatable bonds is 2. The first-order valence-corrected chi connectivity index (χ1v) is 6.84. The van der Waals surface area contributed by atoms with Crippen molar-refractivity contribution in [3.8, 4) is 0 Å². The zero-order valence-electron chi connectivity index (χ0n) is 9.37. The molecule has 2 aliphatic heterocycles. The van der Waals surface area contributed by atoms with Crippen LogP contribution in [0.4, 0.5) is 0 Å². The van der Waals surface area contributed by atoms with Crippen molar-refractivity contribution >= 4 is 16.9 Å². The molecule has 0 aliphatic carbocycles. The highest BCUT2D eigenvalue weighted by Gasteiger charge is 2.16. The molecule has 0 saturated carbocycles. The molecular weight excluding hydrogens is 208 g/mol. The van der Waals surface area contributed by atoms with Crippen molar-refractivity contribution in [3.63, 3.8) is 0 Å². The Bertz CT molecular complexity index is 227. The Kier molecular flexibility index (Phi) is 4.32. The second kappa shape index (κ2) is 5.75. The van der Waals surface area contributed by atoms with Crippen LogP contribution in [0.5, 0.6) is 0 Å². The van der Waals surface area contributed by atoms with E-state index in [9.17, 15) is 0 Å². The van der Waals surface area contributed by atoms with Gasteiger partial charge in [0.15, 0.2) is 5.17 Å². The van der Waals surface area contributed by atoms with Crippen molar-refractivity contribution in [2.75, 3.05) is 25.5 Å². The van der Waals surface area contributed by atoms with E-state index in [2.05, 4.69) is 17.2 Å². The summed E-state index contributed by atoms with van der Waals surface area (Å²) in [6.07, 6.45) is 3.61. The quantitative estimate of drug-likeness (QED) is 0.783. The van der Waals surface area contributed by atoms with E-state index >= 15 is 0 Å². The molecule has 1 atom stereocenters. The third kappa shape index (κ3) is 3.68. The van der Waals surface area contributed by atoms with Crippen molar-refractivity contribution in [1.82, 2.24) is 5.32 Å². The largest absolute Gasteiger partial charge is 0.381 e. The monoisotopic (exact) mass is 228 g/mol. The molecule has 0 aromatic rings. The smallest absolute Gasteiger partial charge is 0.156 e. The van der Waals surface area contributed by atoms with Crippen molar-refractivity contribution in [2.24, 2.45) is 10.9 Å². The standard InChI is InChI=1S/C11H20N2OS/c1-9-4-7-15-11(13-9)12-8-10-2-5-14-6-3-10/h9-10H,2-8H2,1H3,(H,12,13). The van der Waals surface area contributed by atoms with Crippen molar-refractivity contribution in [2.45, 2.75) is 32.2 Å². The summed E-state index contributed by atoms with van der Waals surface area (Å²) < 4.78 is 5.34. The molecule has 3 nitrogen and oxygen atoms in total.